The topological polar surface area (TPSA) is 32.3 Å². The Balaban J connectivity index is 2.49. The average Bonchev–Trinajstić information content (AvgIpc) is 2.29. The molecule has 1 aromatic carbocycles. The van der Waals surface area contributed by atoms with Gasteiger partial charge in [-0.05, 0) is 30.0 Å². The molecule has 2 N–H and O–H groups in total. The zero-order chi connectivity index (χ0) is 12.0. The van der Waals surface area contributed by atoms with Crippen molar-refractivity contribution >= 4 is 17.4 Å². The summed E-state index contributed by atoms with van der Waals surface area (Å²) in [5.74, 6) is 1.10. The van der Waals surface area contributed by atoms with E-state index in [1.54, 1.807) is 0 Å². The monoisotopic (exact) mass is 239 g/mol. The lowest BCUT2D eigenvalue weighted by molar-refractivity contribution is 0.171. The van der Waals surface area contributed by atoms with Crippen molar-refractivity contribution < 1.29 is 5.11 Å². The molecule has 0 aliphatic rings. The van der Waals surface area contributed by atoms with Crippen LogP contribution in [0.25, 0.3) is 0 Å². The van der Waals surface area contributed by atoms with Gasteiger partial charge in [-0.2, -0.15) is 0 Å². The first-order valence-electron chi connectivity index (χ1n) is 5.65. The van der Waals surface area contributed by atoms with E-state index in [2.05, 4.69) is 36.5 Å². The Morgan fingerprint density at radius 3 is 2.38 bits per heavy atom. The molecular formula is C13H21NOS. The Bertz CT molecular complexity index is 308. The molecule has 0 radical (unpaired) electrons. The van der Waals surface area contributed by atoms with Crippen molar-refractivity contribution in [2.75, 3.05) is 24.2 Å². The molecular weight excluding hydrogens is 218 g/mol. The van der Waals surface area contributed by atoms with Crippen LogP contribution in [-0.2, 0) is 0 Å². The molecule has 1 aromatic rings. The van der Waals surface area contributed by atoms with Crippen molar-refractivity contribution in [3.05, 3.63) is 24.3 Å². The molecule has 0 bridgehead atoms. The van der Waals surface area contributed by atoms with Crippen molar-refractivity contribution in [1.29, 1.82) is 0 Å². The van der Waals surface area contributed by atoms with Gasteiger partial charge in [-0.1, -0.05) is 20.8 Å². The number of anilines is 1. The van der Waals surface area contributed by atoms with Gasteiger partial charge >= 0.3 is 0 Å². The van der Waals surface area contributed by atoms with E-state index in [-0.39, 0.29) is 12.0 Å². The summed E-state index contributed by atoms with van der Waals surface area (Å²) in [6.45, 7) is 7.22. The van der Waals surface area contributed by atoms with Gasteiger partial charge in [0, 0.05) is 29.1 Å². The Hall–Kier alpha value is -0.670. The number of nitrogens with one attached hydrogen (secondary N) is 1. The van der Waals surface area contributed by atoms with E-state index in [1.165, 1.54) is 4.90 Å². The molecule has 0 unspecified atom stereocenters. The fourth-order valence-electron chi connectivity index (χ4n) is 1.23. The summed E-state index contributed by atoms with van der Waals surface area (Å²) in [6, 6.07) is 8.43. The number of hydrogen-bond acceptors (Lipinski definition) is 3. The minimum Gasteiger partial charge on any atom is -0.396 e. The average molecular weight is 239 g/mol. The van der Waals surface area contributed by atoms with Gasteiger partial charge in [0.15, 0.2) is 0 Å². The first-order valence-corrected chi connectivity index (χ1v) is 6.63. The molecule has 0 aliphatic carbocycles. The normalized spacial score (nSPS) is 11.5. The minimum absolute atomic E-state index is 0.0726. The van der Waals surface area contributed by atoms with Gasteiger partial charge in [0.2, 0.25) is 0 Å². The maximum atomic E-state index is 9.14. The SMILES string of the molecule is CCSc1ccc(NCC(C)(C)CO)cc1. The van der Waals surface area contributed by atoms with Crippen molar-refractivity contribution in [3.8, 4) is 0 Å². The van der Waals surface area contributed by atoms with Crippen LogP contribution in [0.3, 0.4) is 0 Å². The summed E-state index contributed by atoms with van der Waals surface area (Å²) >= 11 is 1.84. The summed E-state index contributed by atoms with van der Waals surface area (Å²) < 4.78 is 0. The molecule has 0 saturated heterocycles. The fourth-order valence-corrected chi connectivity index (χ4v) is 1.89. The van der Waals surface area contributed by atoms with Crippen LogP contribution in [0.2, 0.25) is 0 Å². The van der Waals surface area contributed by atoms with Crippen molar-refractivity contribution in [2.24, 2.45) is 5.41 Å². The van der Waals surface area contributed by atoms with E-state index >= 15 is 0 Å². The number of aliphatic hydroxyl groups is 1. The van der Waals surface area contributed by atoms with E-state index in [0.29, 0.717) is 0 Å². The van der Waals surface area contributed by atoms with Gasteiger partial charge in [-0.15, -0.1) is 11.8 Å². The largest absolute Gasteiger partial charge is 0.396 e. The molecule has 0 spiro atoms. The third-order valence-corrected chi connectivity index (χ3v) is 3.26. The van der Waals surface area contributed by atoms with Gasteiger partial charge in [-0.3, -0.25) is 0 Å². The number of thioether (sulfide) groups is 1. The Kier molecular flexibility index (Phi) is 5.16. The van der Waals surface area contributed by atoms with Crippen molar-refractivity contribution in [3.63, 3.8) is 0 Å². The highest BCUT2D eigenvalue weighted by Crippen LogP contribution is 2.21. The zero-order valence-corrected chi connectivity index (χ0v) is 11.1. The second kappa shape index (κ2) is 6.16. The van der Waals surface area contributed by atoms with E-state index in [0.717, 1.165) is 18.0 Å². The maximum absolute atomic E-state index is 9.14. The van der Waals surface area contributed by atoms with Crippen LogP contribution in [0.4, 0.5) is 5.69 Å². The molecule has 0 heterocycles. The Morgan fingerprint density at radius 2 is 1.88 bits per heavy atom. The Morgan fingerprint density at radius 1 is 1.25 bits per heavy atom. The summed E-state index contributed by atoms with van der Waals surface area (Å²) in [6.07, 6.45) is 0. The van der Waals surface area contributed by atoms with E-state index in [4.69, 9.17) is 5.11 Å². The van der Waals surface area contributed by atoms with Gasteiger partial charge in [0.25, 0.3) is 0 Å². The lowest BCUT2D eigenvalue weighted by atomic mass is 9.95. The van der Waals surface area contributed by atoms with Crippen LogP contribution in [-0.4, -0.2) is 24.0 Å². The van der Waals surface area contributed by atoms with Crippen LogP contribution in [0.15, 0.2) is 29.2 Å². The zero-order valence-electron chi connectivity index (χ0n) is 10.3. The van der Waals surface area contributed by atoms with Crippen LogP contribution in [0.1, 0.15) is 20.8 Å². The third kappa shape index (κ3) is 4.45. The molecule has 1 rings (SSSR count). The summed E-state index contributed by atoms with van der Waals surface area (Å²) in [7, 11) is 0. The van der Waals surface area contributed by atoms with Crippen molar-refractivity contribution in [1.82, 2.24) is 0 Å². The highest BCUT2D eigenvalue weighted by atomic mass is 32.2. The van der Waals surface area contributed by atoms with Gasteiger partial charge in [0.1, 0.15) is 0 Å². The molecule has 0 saturated carbocycles. The first-order chi connectivity index (χ1) is 7.57. The predicted octanol–water partition coefficient (Wildman–Crippen LogP) is 3.23. The van der Waals surface area contributed by atoms with Crippen molar-refractivity contribution in [2.45, 2.75) is 25.7 Å². The molecule has 0 aromatic heterocycles. The van der Waals surface area contributed by atoms with Crippen LogP contribution < -0.4 is 5.32 Å². The molecule has 0 atom stereocenters. The van der Waals surface area contributed by atoms with Crippen LogP contribution in [0.5, 0.6) is 0 Å². The van der Waals surface area contributed by atoms with E-state index in [1.807, 2.05) is 25.6 Å². The number of rotatable bonds is 6. The third-order valence-electron chi connectivity index (χ3n) is 2.36. The smallest absolute Gasteiger partial charge is 0.0498 e. The highest BCUT2D eigenvalue weighted by Gasteiger charge is 2.15. The predicted molar refractivity (Wildman–Crippen MR) is 72.2 cm³/mol. The molecule has 0 amide bonds. The lowest BCUT2D eigenvalue weighted by Gasteiger charge is -2.22. The number of benzene rings is 1. The molecule has 90 valence electrons. The second-order valence-electron chi connectivity index (χ2n) is 4.63. The summed E-state index contributed by atoms with van der Waals surface area (Å²) in [4.78, 5) is 1.30. The molecule has 2 nitrogen and oxygen atoms in total. The summed E-state index contributed by atoms with van der Waals surface area (Å²) in [5.41, 5.74) is 1.04. The summed E-state index contributed by atoms with van der Waals surface area (Å²) in [5, 5.41) is 12.5. The van der Waals surface area contributed by atoms with E-state index in [9.17, 15) is 0 Å². The second-order valence-corrected chi connectivity index (χ2v) is 5.97. The highest BCUT2D eigenvalue weighted by molar-refractivity contribution is 7.99. The van der Waals surface area contributed by atoms with Gasteiger partial charge < -0.3 is 10.4 Å². The van der Waals surface area contributed by atoms with Crippen LogP contribution >= 0.6 is 11.8 Å². The molecule has 16 heavy (non-hydrogen) atoms. The minimum atomic E-state index is -0.0726. The number of aliphatic hydroxyl groups excluding tert-OH is 1. The standard InChI is InChI=1S/C13H21NOS/c1-4-16-12-7-5-11(6-8-12)14-9-13(2,3)10-15/h5-8,14-15H,4,9-10H2,1-3H3. The van der Waals surface area contributed by atoms with Crippen LogP contribution in [0, 0.1) is 5.41 Å². The van der Waals surface area contributed by atoms with Gasteiger partial charge in [-0.25, -0.2) is 0 Å². The lowest BCUT2D eigenvalue weighted by Crippen LogP contribution is -2.26. The molecule has 3 heteroatoms. The maximum Gasteiger partial charge on any atom is 0.0498 e. The number of hydrogen-bond donors (Lipinski definition) is 2. The van der Waals surface area contributed by atoms with E-state index < -0.39 is 0 Å². The Labute approximate surface area is 102 Å². The molecule has 0 aliphatic heterocycles. The quantitative estimate of drug-likeness (QED) is 0.748. The molecule has 0 fully saturated rings. The van der Waals surface area contributed by atoms with Gasteiger partial charge in [0.05, 0.1) is 0 Å². The first kappa shape index (κ1) is 13.4. The fraction of sp³-hybridized carbons (Fsp3) is 0.538.